The quantitative estimate of drug-likeness (QED) is 0.659. The average Bonchev–Trinajstić information content (AvgIpc) is 2.29. The zero-order valence-electron chi connectivity index (χ0n) is 9.35. The third-order valence-corrected chi connectivity index (χ3v) is 2.40. The summed E-state index contributed by atoms with van der Waals surface area (Å²) in [7, 11) is 0. The van der Waals surface area contributed by atoms with Gasteiger partial charge in [-0.15, -0.1) is 0 Å². The Morgan fingerprint density at radius 1 is 1.56 bits per heavy atom. The number of rotatable bonds is 5. The summed E-state index contributed by atoms with van der Waals surface area (Å²) in [5.74, 6) is -1.21. The molecule has 0 aromatic heterocycles. The Bertz CT molecular complexity index is 256. The molecular formula is C10H17NO5. The van der Waals surface area contributed by atoms with E-state index < -0.39 is 12.0 Å². The first kappa shape index (κ1) is 12.9. The van der Waals surface area contributed by atoms with Gasteiger partial charge in [0.2, 0.25) is 5.91 Å². The standard InChI is InChI=1S/C10H17NO5/c1-2-15-5-3-9(12)11-4-6-16-7-8(11)10(13)14/h8H,2-7H2,1H3,(H,13,14). The van der Waals surface area contributed by atoms with Crippen molar-refractivity contribution in [2.75, 3.05) is 33.0 Å². The maximum absolute atomic E-state index is 11.7. The molecule has 0 spiro atoms. The largest absolute Gasteiger partial charge is 0.480 e. The van der Waals surface area contributed by atoms with Crippen molar-refractivity contribution in [2.24, 2.45) is 0 Å². The molecule has 0 bridgehead atoms. The van der Waals surface area contributed by atoms with Crippen LogP contribution in [0.4, 0.5) is 0 Å². The van der Waals surface area contributed by atoms with E-state index in [-0.39, 0.29) is 18.9 Å². The molecule has 1 aliphatic rings. The van der Waals surface area contributed by atoms with Gasteiger partial charge in [0.15, 0.2) is 6.04 Å². The molecule has 1 N–H and O–H groups in total. The maximum Gasteiger partial charge on any atom is 0.328 e. The molecule has 1 unspecified atom stereocenters. The van der Waals surface area contributed by atoms with Crippen molar-refractivity contribution in [3.8, 4) is 0 Å². The Morgan fingerprint density at radius 3 is 2.94 bits per heavy atom. The number of carbonyl (C=O) groups is 2. The Balaban J connectivity index is 2.47. The predicted molar refractivity (Wildman–Crippen MR) is 55.1 cm³/mol. The molecule has 0 aromatic carbocycles. The number of amides is 1. The van der Waals surface area contributed by atoms with Gasteiger partial charge in [0.1, 0.15) is 0 Å². The van der Waals surface area contributed by atoms with Crippen molar-refractivity contribution >= 4 is 11.9 Å². The van der Waals surface area contributed by atoms with Gasteiger partial charge in [0.05, 0.1) is 26.2 Å². The van der Waals surface area contributed by atoms with E-state index in [9.17, 15) is 9.59 Å². The Hall–Kier alpha value is -1.14. The first-order valence-corrected chi connectivity index (χ1v) is 5.34. The first-order chi connectivity index (χ1) is 7.66. The molecule has 6 heteroatoms. The number of hydrogen-bond donors (Lipinski definition) is 1. The van der Waals surface area contributed by atoms with Crippen molar-refractivity contribution < 1.29 is 24.2 Å². The number of ether oxygens (including phenoxy) is 2. The zero-order valence-corrected chi connectivity index (χ0v) is 9.35. The summed E-state index contributed by atoms with van der Waals surface area (Å²) in [4.78, 5) is 24.0. The van der Waals surface area contributed by atoms with Crippen LogP contribution in [0.3, 0.4) is 0 Å². The molecule has 1 aliphatic heterocycles. The number of aliphatic carboxylic acids is 1. The minimum Gasteiger partial charge on any atom is -0.480 e. The fraction of sp³-hybridized carbons (Fsp3) is 0.800. The highest BCUT2D eigenvalue weighted by molar-refractivity contribution is 5.84. The molecule has 92 valence electrons. The molecule has 1 rings (SSSR count). The molecule has 1 heterocycles. The molecule has 1 fully saturated rings. The number of carboxylic acids is 1. The second kappa shape index (κ2) is 6.44. The van der Waals surface area contributed by atoms with E-state index in [1.54, 1.807) is 0 Å². The van der Waals surface area contributed by atoms with E-state index in [0.717, 1.165) is 0 Å². The van der Waals surface area contributed by atoms with Crippen LogP contribution in [0.15, 0.2) is 0 Å². The van der Waals surface area contributed by atoms with E-state index >= 15 is 0 Å². The highest BCUT2D eigenvalue weighted by Crippen LogP contribution is 2.09. The maximum atomic E-state index is 11.7. The zero-order chi connectivity index (χ0) is 12.0. The second-order valence-electron chi connectivity index (χ2n) is 3.46. The first-order valence-electron chi connectivity index (χ1n) is 5.34. The lowest BCUT2D eigenvalue weighted by atomic mass is 10.2. The van der Waals surface area contributed by atoms with E-state index in [0.29, 0.717) is 26.4 Å². The van der Waals surface area contributed by atoms with Gasteiger partial charge in [-0.05, 0) is 6.92 Å². The highest BCUT2D eigenvalue weighted by atomic mass is 16.5. The van der Waals surface area contributed by atoms with Crippen molar-refractivity contribution in [3.63, 3.8) is 0 Å². The smallest absolute Gasteiger partial charge is 0.328 e. The van der Waals surface area contributed by atoms with E-state index in [2.05, 4.69) is 0 Å². The molecule has 0 aromatic rings. The summed E-state index contributed by atoms with van der Waals surface area (Å²) in [6.45, 7) is 3.53. The third kappa shape index (κ3) is 3.46. The van der Waals surface area contributed by atoms with E-state index in [1.807, 2.05) is 6.92 Å². The summed E-state index contributed by atoms with van der Waals surface area (Å²) >= 11 is 0. The van der Waals surface area contributed by atoms with Crippen LogP contribution >= 0.6 is 0 Å². The third-order valence-electron chi connectivity index (χ3n) is 2.40. The van der Waals surface area contributed by atoms with Crippen LogP contribution in [0.25, 0.3) is 0 Å². The average molecular weight is 231 g/mol. The van der Waals surface area contributed by atoms with Crippen LogP contribution < -0.4 is 0 Å². The monoisotopic (exact) mass is 231 g/mol. The van der Waals surface area contributed by atoms with Gasteiger partial charge in [-0.1, -0.05) is 0 Å². The minimum atomic E-state index is -1.02. The van der Waals surface area contributed by atoms with E-state index in [1.165, 1.54) is 4.90 Å². The molecule has 0 aliphatic carbocycles. The number of carboxylic acid groups (broad SMARTS) is 1. The minimum absolute atomic E-state index is 0.0652. The van der Waals surface area contributed by atoms with Gasteiger partial charge in [-0.2, -0.15) is 0 Å². The van der Waals surface area contributed by atoms with Crippen LogP contribution in [0, 0.1) is 0 Å². The number of morpholine rings is 1. The second-order valence-corrected chi connectivity index (χ2v) is 3.46. The highest BCUT2D eigenvalue weighted by Gasteiger charge is 2.32. The molecule has 1 saturated heterocycles. The normalized spacial score (nSPS) is 20.8. The SMILES string of the molecule is CCOCCC(=O)N1CCOCC1C(=O)O. The fourth-order valence-corrected chi connectivity index (χ4v) is 1.55. The predicted octanol–water partition coefficient (Wildman–Crippen LogP) is -0.275. The summed E-state index contributed by atoms with van der Waals surface area (Å²) in [6, 6.07) is -0.858. The van der Waals surface area contributed by atoms with Gasteiger partial charge in [0, 0.05) is 13.2 Å². The molecule has 1 atom stereocenters. The Morgan fingerprint density at radius 2 is 2.31 bits per heavy atom. The Kier molecular flexibility index (Phi) is 5.21. The lowest BCUT2D eigenvalue weighted by molar-refractivity contribution is -0.158. The van der Waals surface area contributed by atoms with Gasteiger partial charge in [-0.3, -0.25) is 4.79 Å². The van der Waals surface area contributed by atoms with Crippen LogP contribution in [0.1, 0.15) is 13.3 Å². The fourth-order valence-electron chi connectivity index (χ4n) is 1.55. The molecule has 0 saturated carbocycles. The number of hydrogen-bond acceptors (Lipinski definition) is 4. The van der Waals surface area contributed by atoms with Gasteiger partial charge < -0.3 is 19.5 Å². The molecule has 0 radical (unpaired) electrons. The lowest BCUT2D eigenvalue weighted by Gasteiger charge is -2.32. The number of nitrogens with zero attached hydrogens (tertiary/aromatic N) is 1. The molecule has 1 amide bonds. The molecular weight excluding hydrogens is 214 g/mol. The van der Waals surface area contributed by atoms with E-state index in [4.69, 9.17) is 14.6 Å². The molecule has 16 heavy (non-hydrogen) atoms. The summed E-state index contributed by atoms with van der Waals surface area (Å²) in [5, 5.41) is 8.92. The summed E-state index contributed by atoms with van der Waals surface area (Å²) < 4.78 is 10.1. The summed E-state index contributed by atoms with van der Waals surface area (Å²) in [6.07, 6.45) is 0.220. The van der Waals surface area contributed by atoms with Crippen molar-refractivity contribution in [2.45, 2.75) is 19.4 Å². The molecule has 6 nitrogen and oxygen atoms in total. The Labute approximate surface area is 94.1 Å². The van der Waals surface area contributed by atoms with Gasteiger partial charge in [-0.25, -0.2) is 4.79 Å². The van der Waals surface area contributed by atoms with Crippen LogP contribution in [0.5, 0.6) is 0 Å². The lowest BCUT2D eigenvalue weighted by Crippen LogP contribution is -2.52. The van der Waals surface area contributed by atoms with Crippen LogP contribution in [-0.4, -0.2) is 60.9 Å². The van der Waals surface area contributed by atoms with Crippen molar-refractivity contribution in [3.05, 3.63) is 0 Å². The van der Waals surface area contributed by atoms with Crippen molar-refractivity contribution in [1.29, 1.82) is 0 Å². The number of carbonyl (C=O) groups excluding carboxylic acids is 1. The van der Waals surface area contributed by atoms with Crippen LogP contribution in [-0.2, 0) is 19.1 Å². The summed E-state index contributed by atoms with van der Waals surface area (Å²) in [5.41, 5.74) is 0. The van der Waals surface area contributed by atoms with Gasteiger partial charge >= 0.3 is 5.97 Å². The van der Waals surface area contributed by atoms with Gasteiger partial charge in [0.25, 0.3) is 0 Å². The topological polar surface area (TPSA) is 76.1 Å². The van der Waals surface area contributed by atoms with Crippen molar-refractivity contribution in [1.82, 2.24) is 4.90 Å². The van der Waals surface area contributed by atoms with Crippen LogP contribution in [0.2, 0.25) is 0 Å².